The number of hydrogen-bond donors (Lipinski definition) is 5. The summed E-state index contributed by atoms with van der Waals surface area (Å²) in [6.07, 6.45) is 2.91. The monoisotopic (exact) mass is 206 g/mol. The molecule has 0 fully saturated rings. The fourth-order valence-electron chi connectivity index (χ4n) is 0.849. The van der Waals surface area contributed by atoms with Gasteiger partial charge in [-0.2, -0.15) is 0 Å². The largest absolute Gasteiger partial charge is 0.370 e. The van der Waals surface area contributed by atoms with Crippen molar-refractivity contribution in [2.75, 3.05) is 0 Å². The highest BCUT2D eigenvalue weighted by atomic mass is 16.1. The molecule has 0 aliphatic heterocycles. The predicted octanol–water partition coefficient (Wildman–Crippen LogP) is -0.771. The number of hydrogen-bond acceptors (Lipinski definition) is 4. The third-order valence-electron chi connectivity index (χ3n) is 1.42. The van der Waals surface area contributed by atoms with Crippen LogP contribution >= 0.6 is 0 Å². The quantitative estimate of drug-likeness (QED) is 0.305. The van der Waals surface area contributed by atoms with Crippen molar-refractivity contribution in [3.8, 4) is 0 Å². The van der Waals surface area contributed by atoms with Gasteiger partial charge in [0.05, 0.1) is 5.56 Å². The fraction of sp³-hybridized carbons (Fsp3) is 0. The summed E-state index contributed by atoms with van der Waals surface area (Å²) in [5, 5.41) is 18.4. The zero-order valence-electron chi connectivity index (χ0n) is 7.74. The van der Waals surface area contributed by atoms with Crippen molar-refractivity contribution in [3.63, 3.8) is 0 Å². The second kappa shape index (κ2) is 4.70. The molecule has 1 aromatic heterocycles. The van der Waals surface area contributed by atoms with Crippen LogP contribution in [0.5, 0.6) is 0 Å². The summed E-state index contributed by atoms with van der Waals surface area (Å²) in [6.45, 7) is 0. The van der Waals surface area contributed by atoms with Crippen LogP contribution in [0.4, 0.5) is 0 Å². The first-order valence-electron chi connectivity index (χ1n) is 4.00. The van der Waals surface area contributed by atoms with Gasteiger partial charge in [0.1, 0.15) is 0 Å². The molecule has 0 radical (unpaired) electrons. The third kappa shape index (κ3) is 3.43. The van der Waals surface area contributed by atoms with E-state index in [4.69, 9.17) is 16.6 Å². The lowest BCUT2D eigenvalue weighted by molar-refractivity contribution is 0.0975. The number of carbonyl (C=O) groups is 1. The summed E-state index contributed by atoms with van der Waals surface area (Å²) in [5.41, 5.74) is 5.30. The summed E-state index contributed by atoms with van der Waals surface area (Å²) >= 11 is 0. The zero-order valence-corrected chi connectivity index (χ0v) is 7.74. The molecule has 0 aliphatic carbocycles. The lowest BCUT2D eigenvalue weighted by atomic mass is 10.3. The van der Waals surface area contributed by atoms with Crippen molar-refractivity contribution in [1.29, 1.82) is 10.8 Å². The van der Waals surface area contributed by atoms with Gasteiger partial charge in [-0.1, -0.05) is 0 Å². The molecule has 7 nitrogen and oxygen atoms in total. The zero-order chi connectivity index (χ0) is 11.3. The summed E-state index contributed by atoms with van der Waals surface area (Å²) < 4.78 is 0. The first-order valence-corrected chi connectivity index (χ1v) is 4.00. The first kappa shape index (κ1) is 10.6. The van der Waals surface area contributed by atoms with Gasteiger partial charge >= 0.3 is 0 Å². The SMILES string of the molecule is N=C(N)NC(=N)NC(=O)c1cccnc1. The standard InChI is InChI=1S/C8H10N6O/c9-7(10)14-8(11)13-6(15)5-2-1-3-12-4-5/h1-4H,(H6,9,10,11,13,14,15). The molecule has 6 N–H and O–H groups in total. The van der Waals surface area contributed by atoms with Crippen molar-refractivity contribution in [2.45, 2.75) is 0 Å². The number of guanidine groups is 2. The molecule has 7 heteroatoms. The van der Waals surface area contributed by atoms with Crippen LogP contribution in [0.2, 0.25) is 0 Å². The Balaban J connectivity index is 2.57. The Hall–Kier alpha value is -2.44. The molecule has 0 aromatic carbocycles. The molecule has 1 aromatic rings. The Morgan fingerprint density at radius 1 is 1.40 bits per heavy atom. The van der Waals surface area contributed by atoms with Crippen molar-refractivity contribution < 1.29 is 4.79 Å². The van der Waals surface area contributed by atoms with Gasteiger partial charge in [-0.3, -0.25) is 31.2 Å². The minimum absolute atomic E-state index is 0.326. The Kier molecular flexibility index (Phi) is 3.33. The molecule has 0 saturated heterocycles. The number of pyridine rings is 1. The molecule has 1 heterocycles. The minimum atomic E-state index is -0.484. The van der Waals surface area contributed by atoms with Crippen LogP contribution in [0.1, 0.15) is 10.4 Å². The van der Waals surface area contributed by atoms with E-state index in [9.17, 15) is 4.79 Å². The lowest BCUT2D eigenvalue weighted by Crippen LogP contribution is -2.45. The Morgan fingerprint density at radius 2 is 2.13 bits per heavy atom. The predicted molar refractivity (Wildman–Crippen MR) is 54.5 cm³/mol. The van der Waals surface area contributed by atoms with E-state index in [-0.39, 0.29) is 5.96 Å². The molecule has 0 bridgehead atoms. The van der Waals surface area contributed by atoms with Gasteiger partial charge in [0.2, 0.25) is 5.96 Å². The van der Waals surface area contributed by atoms with Gasteiger partial charge in [0, 0.05) is 12.4 Å². The average molecular weight is 206 g/mol. The Labute approximate surface area is 85.7 Å². The van der Waals surface area contributed by atoms with Crippen LogP contribution < -0.4 is 16.4 Å². The number of carbonyl (C=O) groups excluding carboxylic acids is 1. The second-order valence-electron chi connectivity index (χ2n) is 2.61. The normalized spacial score (nSPS) is 9.07. The van der Waals surface area contributed by atoms with Gasteiger partial charge in [-0.05, 0) is 12.1 Å². The van der Waals surface area contributed by atoms with E-state index < -0.39 is 11.9 Å². The molecular formula is C8H10N6O. The van der Waals surface area contributed by atoms with Crippen LogP contribution in [0, 0.1) is 10.8 Å². The lowest BCUT2D eigenvalue weighted by Gasteiger charge is -2.06. The molecule has 0 unspecified atom stereocenters. The van der Waals surface area contributed by atoms with Crippen LogP contribution in [0.3, 0.4) is 0 Å². The van der Waals surface area contributed by atoms with Gasteiger partial charge in [-0.15, -0.1) is 0 Å². The number of rotatable bonds is 1. The average Bonchev–Trinajstić information content (AvgIpc) is 2.17. The summed E-state index contributed by atoms with van der Waals surface area (Å²) in [4.78, 5) is 15.1. The van der Waals surface area contributed by atoms with Gasteiger partial charge in [-0.25, -0.2) is 0 Å². The van der Waals surface area contributed by atoms with Crippen molar-refractivity contribution in [1.82, 2.24) is 15.6 Å². The number of nitrogens with two attached hydrogens (primary N) is 1. The summed E-state index contributed by atoms with van der Waals surface area (Å²) in [5.74, 6) is -1.25. The van der Waals surface area contributed by atoms with Gasteiger partial charge in [0.15, 0.2) is 5.96 Å². The topological polar surface area (TPSA) is 128 Å². The van der Waals surface area contributed by atoms with E-state index in [0.717, 1.165) is 0 Å². The van der Waals surface area contributed by atoms with E-state index in [0.29, 0.717) is 5.56 Å². The molecule has 0 spiro atoms. The fourth-order valence-corrected chi connectivity index (χ4v) is 0.849. The molecule has 0 aliphatic rings. The maximum Gasteiger partial charge on any atom is 0.259 e. The van der Waals surface area contributed by atoms with E-state index in [1.165, 1.54) is 12.4 Å². The van der Waals surface area contributed by atoms with Gasteiger partial charge < -0.3 is 5.73 Å². The van der Waals surface area contributed by atoms with Gasteiger partial charge in [0.25, 0.3) is 5.91 Å². The van der Waals surface area contributed by atoms with Crippen molar-refractivity contribution in [3.05, 3.63) is 30.1 Å². The number of nitrogens with zero attached hydrogens (tertiary/aromatic N) is 1. The smallest absolute Gasteiger partial charge is 0.259 e. The van der Waals surface area contributed by atoms with E-state index in [2.05, 4.69) is 15.6 Å². The highest BCUT2D eigenvalue weighted by molar-refractivity contribution is 6.08. The molecule has 0 saturated carbocycles. The van der Waals surface area contributed by atoms with E-state index in [1.807, 2.05) is 0 Å². The van der Waals surface area contributed by atoms with Crippen molar-refractivity contribution >= 4 is 17.8 Å². The first-order chi connectivity index (χ1) is 7.09. The number of amides is 1. The number of nitrogens with one attached hydrogen (secondary N) is 4. The highest BCUT2D eigenvalue weighted by Crippen LogP contribution is 1.94. The number of aromatic nitrogens is 1. The van der Waals surface area contributed by atoms with Crippen LogP contribution in [-0.2, 0) is 0 Å². The van der Waals surface area contributed by atoms with Crippen LogP contribution in [0.15, 0.2) is 24.5 Å². The summed E-state index contributed by atoms with van der Waals surface area (Å²) in [6, 6.07) is 3.17. The maximum absolute atomic E-state index is 11.4. The molecular weight excluding hydrogens is 196 g/mol. The van der Waals surface area contributed by atoms with E-state index in [1.54, 1.807) is 12.1 Å². The third-order valence-corrected chi connectivity index (χ3v) is 1.42. The van der Waals surface area contributed by atoms with Crippen LogP contribution in [-0.4, -0.2) is 22.8 Å². The molecule has 1 amide bonds. The second-order valence-corrected chi connectivity index (χ2v) is 2.61. The Morgan fingerprint density at radius 3 is 2.67 bits per heavy atom. The highest BCUT2D eigenvalue weighted by Gasteiger charge is 2.07. The minimum Gasteiger partial charge on any atom is -0.370 e. The molecule has 15 heavy (non-hydrogen) atoms. The van der Waals surface area contributed by atoms with Crippen LogP contribution in [0.25, 0.3) is 0 Å². The summed E-state index contributed by atoms with van der Waals surface area (Å²) in [7, 11) is 0. The molecule has 1 rings (SSSR count). The van der Waals surface area contributed by atoms with E-state index >= 15 is 0 Å². The van der Waals surface area contributed by atoms with Crippen molar-refractivity contribution in [2.24, 2.45) is 5.73 Å². The molecule has 0 atom stereocenters. The Bertz CT molecular complexity index is 387. The molecule has 78 valence electrons. The maximum atomic E-state index is 11.4.